The van der Waals surface area contributed by atoms with E-state index < -0.39 is 5.97 Å². The summed E-state index contributed by atoms with van der Waals surface area (Å²) in [5, 5.41) is 0. The Hall–Kier alpha value is -4.14. The molecular weight excluding hydrogens is 472 g/mol. The van der Waals surface area contributed by atoms with E-state index in [0.717, 1.165) is 24.1 Å². The van der Waals surface area contributed by atoms with Gasteiger partial charge in [0.05, 0.1) is 19.4 Å². The minimum atomic E-state index is -0.673. The number of aryl methyl sites for hydroxylation is 1. The van der Waals surface area contributed by atoms with Gasteiger partial charge in [0.15, 0.2) is 0 Å². The summed E-state index contributed by atoms with van der Waals surface area (Å²) in [5.41, 5.74) is 9.38. The fourth-order valence-electron chi connectivity index (χ4n) is 4.55. The molecule has 4 rings (SSSR count). The maximum Gasteiger partial charge on any atom is 0.354 e. The largest absolute Gasteiger partial charge is 0.497 e. The molecule has 2 fully saturated rings. The molecule has 2 saturated heterocycles. The molecular formula is C28H32N4O5. The number of carbonyl (C=O) groups is 3. The summed E-state index contributed by atoms with van der Waals surface area (Å²) in [6.45, 7) is 4.74. The number of methoxy groups -OCH3 is 1. The first-order valence-electron chi connectivity index (χ1n) is 12.5. The Kier molecular flexibility index (Phi) is 7.91. The fourth-order valence-corrected chi connectivity index (χ4v) is 4.55. The van der Waals surface area contributed by atoms with E-state index in [-0.39, 0.29) is 29.8 Å². The number of piperidine rings is 2. The second-order valence-corrected chi connectivity index (χ2v) is 8.95. The average molecular weight is 505 g/mol. The molecule has 2 aliphatic rings. The van der Waals surface area contributed by atoms with Gasteiger partial charge >= 0.3 is 5.97 Å². The molecule has 2 heterocycles. The van der Waals surface area contributed by atoms with Gasteiger partial charge in [-0.05, 0) is 81.1 Å². The van der Waals surface area contributed by atoms with Crippen molar-refractivity contribution >= 4 is 40.6 Å². The van der Waals surface area contributed by atoms with Crippen molar-refractivity contribution in [3.63, 3.8) is 0 Å². The van der Waals surface area contributed by atoms with Gasteiger partial charge in [-0.2, -0.15) is 0 Å². The number of anilines is 2. The molecule has 0 bridgehead atoms. The highest BCUT2D eigenvalue weighted by molar-refractivity contribution is 6.51. The Bertz CT molecular complexity index is 1270. The number of hydrogen-bond donors (Lipinski definition) is 1. The third kappa shape index (κ3) is 5.50. The molecule has 194 valence electrons. The van der Waals surface area contributed by atoms with Crippen molar-refractivity contribution in [2.24, 2.45) is 10.7 Å². The van der Waals surface area contributed by atoms with Crippen LogP contribution >= 0.6 is 0 Å². The lowest BCUT2D eigenvalue weighted by Gasteiger charge is -2.31. The Labute approximate surface area is 216 Å². The summed E-state index contributed by atoms with van der Waals surface area (Å²) in [5.74, 6) is -0.257. The summed E-state index contributed by atoms with van der Waals surface area (Å²) in [6.07, 6.45) is 2.76. The molecule has 2 amide bonds. The van der Waals surface area contributed by atoms with E-state index in [9.17, 15) is 14.4 Å². The molecule has 0 unspecified atom stereocenters. The molecule has 0 spiro atoms. The molecule has 2 N–H and O–H groups in total. The molecule has 0 aromatic heterocycles. The summed E-state index contributed by atoms with van der Waals surface area (Å²) in [6, 6.07) is 12.7. The van der Waals surface area contributed by atoms with Crippen molar-refractivity contribution < 1.29 is 23.9 Å². The number of rotatable bonds is 6. The smallest absolute Gasteiger partial charge is 0.354 e. The number of carbonyl (C=O) groups excluding carboxylic acids is 3. The van der Waals surface area contributed by atoms with E-state index in [2.05, 4.69) is 4.99 Å². The molecule has 0 radical (unpaired) electrons. The van der Waals surface area contributed by atoms with Crippen LogP contribution in [0.2, 0.25) is 0 Å². The van der Waals surface area contributed by atoms with E-state index in [4.69, 9.17) is 15.2 Å². The van der Waals surface area contributed by atoms with Gasteiger partial charge in [0.2, 0.25) is 5.91 Å². The van der Waals surface area contributed by atoms with Crippen molar-refractivity contribution in [3.8, 4) is 5.75 Å². The van der Waals surface area contributed by atoms with Crippen LogP contribution in [0.15, 0.2) is 58.7 Å². The molecule has 0 saturated carbocycles. The van der Waals surface area contributed by atoms with Gasteiger partial charge in [-0.15, -0.1) is 0 Å². The van der Waals surface area contributed by atoms with Crippen LogP contribution in [0.3, 0.4) is 0 Å². The number of benzene rings is 2. The minimum absolute atomic E-state index is 0.0976. The molecule has 0 atom stereocenters. The first-order chi connectivity index (χ1) is 17.8. The molecule has 9 nitrogen and oxygen atoms in total. The van der Waals surface area contributed by atoms with E-state index in [0.29, 0.717) is 48.6 Å². The molecule has 2 aliphatic heterocycles. The lowest BCUT2D eigenvalue weighted by Crippen LogP contribution is -2.44. The molecule has 0 aliphatic carbocycles. The predicted molar refractivity (Wildman–Crippen MR) is 142 cm³/mol. The fraction of sp³-hybridized carbons (Fsp3) is 0.357. The van der Waals surface area contributed by atoms with Crippen molar-refractivity contribution in [2.45, 2.75) is 39.5 Å². The third-order valence-corrected chi connectivity index (χ3v) is 6.57. The van der Waals surface area contributed by atoms with Crippen LogP contribution in [0.1, 0.15) is 38.2 Å². The molecule has 9 heteroatoms. The highest BCUT2D eigenvalue weighted by Crippen LogP contribution is 2.30. The van der Waals surface area contributed by atoms with E-state index in [1.807, 2.05) is 37.3 Å². The van der Waals surface area contributed by atoms with Crippen molar-refractivity contribution in [1.82, 2.24) is 0 Å². The van der Waals surface area contributed by atoms with Gasteiger partial charge < -0.3 is 25.0 Å². The zero-order valence-electron chi connectivity index (χ0n) is 21.5. The van der Waals surface area contributed by atoms with Crippen LogP contribution < -0.4 is 20.3 Å². The summed E-state index contributed by atoms with van der Waals surface area (Å²) >= 11 is 0. The molecule has 2 aromatic carbocycles. The monoisotopic (exact) mass is 504 g/mol. The first kappa shape index (κ1) is 25.9. The van der Waals surface area contributed by atoms with Crippen LogP contribution in [0.5, 0.6) is 5.75 Å². The highest BCUT2D eigenvalue weighted by atomic mass is 16.5. The number of amides is 2. The Morgan fingerprint density at radius 3 is 2.32 bits per heavy atom. The van der Waals surface area contributed by atoms with E-state index in [1.165, 1.54) is 0 Å². The van der Waals surface area contributed by atoms with Gasteiger partial charge in [-0.25, -0.2) is 9.79 Å². The van der Waals surface area contributed by atoms with Gasteiger partial charge in [-0.3, -0.25) is 9.59 Å². The zero-order valence-corrected chi connectivity index (χ0v) is 21.5. The Morgan fingerprint density at radius 1 is 1.00 bits per heavy atom. The number of esters is 1. The zero-order chi connectivity index (χ0) is 26.5. The second kappa shape index (κ2) is 11.3. The summed E-state index contributed by atoms with van der Waals surface area (Å²) in [7, 11) is 1.58. The van der Waals surface area contributed by atoms with Crippen LogP contribution in [-0.2, 0) is 19.1 Å². The number of nitrogens with two attached hydrogens (primary N) is 1. The number of ether oxygens (including phenoxy) is 2. The number of aliphatic imine (C=N–C) groups is 1. The van der Waals surface area contributed by atoms with Crippen LogP contribution in [0.25, 0.3) is 0 Å². The normalized spacial score (nSPS) is 18.7. The van der Waals surface area contributed by atoms with Crippen LogP contribution in [-0.4, -0.2) is 50.3 Å². The number of nitrogens with zero attached hydrogens (tertiary/aromatic N) is 3. The Balaban J connectivity index is 1.70. The average Bonchev–Trinajstić information content (AvgIpc) is 2.91. The second-order valence-electron chi connectivity index (χ2n) is 8.95. The van der Waals surface area contributed by atoms with Gasteiger partial charge in [0.1, 0.15) is 17.2 Å². The van der Waals surface area contributed by atoms with Gasteiger partial charge in [0.25, 0.3) is 5.91 Å². The highest BCUT2D eigenvalue weighted by Gasteiger charge is 2.33. The first-order valence-corrected chi connectivity index (χ1v) is 12.5. The van der Waals surface area contributed by atoms with Gasteiger partial charge in [-0.1, -0.05) is 0 Å². The summed E-state index contributed by atoms with van der Waals surface area (Å²) in [4.78, 5) is 46.6. The maximum atomic E-state index is 13.8. The standard InChI is InChI=1S/C28H32N4O5/c1-4-37-28(35)25(29)22-14-16-32(20-10-8-19(9-11-20)31-15-6-5-7-24(31)33)27(34)26(22)30-23-13-12-21(36-3)17-18(23)2/h8-13,17H,4-7,14-16,29H2,1-3H3. The topological polar surface area (TPSA) is 115 Å². The number of hydrogen-bond acceptors (Lipinski definition) is 7. The van der Waals surface area contributed by atoms with Crippen LogP contribution in [0, 0.1) is 6.92 Å². The third-order valence-electron chi connectivity index (χ3n) is 6.57. The molecule has 37 heavy (non-hydrogen) atoms. The SMILES string of the molecule is CCOC(=O)C(N)=C1CCN(c2ccc(N3CCCCC3=O)cc2)C(=O)C1=Nc1ccc(OC)cc1C. The van der Waals surface area contributed by atoms with Crippen molar-refractivity contribution in [3.05, 3.63) is 59.3 Å². The molecule has 2 aromatic rings. The quantitative estimate of drug-likeness (QED) is 0.473. The van der Waals surface area contributed by atoms with E-state index in [1.54, 1.807) is 36.0 Å². The Morgan fingerprint density at radius 2 is 1.70 bits per heavy atom. The van der Waals surface area contributed by atoms with Crippen molar-refractivity contribution in [2.75, 3.05) is 36.6 Å². The van der Waals surface area contributed by atoms with Gasteiger partial charge in [0, 0.05) is 36.5 Å². The lowest BCUT2D eigenvalue weighted by atomic mass is 9.97. The summed E-state index contributed by atoms with van der Waals surface area (Å²) < 4.78 is 10.4. The van der Waals surface area contributed by atoms with Crippen LogP contribution in [0.4, 0.5) is 17.1 Å². The van der Waals surface area contributed by atoms with Crippen molar-refractivity contribution in [1.29, 1.82) is 0 Å². The minimum Gasteiger partial charge on any atom is -0.497 e. The lowest BCUT2D eigenvalue weighted by molar-refractivity contribution is -0.138. The predicted octanol–water partition coefficient (Wildman–Crippen LogP) is 3.81. The maximum absolute atomic E-state index is 13.8. The van der Waals surface area contributed by atoms with E-state index >= 15 is 0 Å².